The van der Waals surface area contributed by atoms with Crippen molar-refractivity contribution in [2.45, 2.75) is 0 Å². The van der Waals surface area contributed by atoms with Gasteiger partial charge < -0.3 is 20.1 Å². The summed E-state index contributed by atoms with van der Waals surface area (Å²) in [5.41, 5.74) is 1.50. The van der Waals surface area contributed by atoms with Crippen molar-refractivity contribution < 1.29 is 13.9 Å². The van der Waals surface area contributed by atoms with Crippen LogP contribution in [0.25, 0.3) is 0 Å². The average Bonchev–Trinajstić information content (AvgIpc) is 2.89. The number of nitrogens with one attached hydrogen (secondary N) is 2. The normalized spacial score (nSPS) is 12.1. The van der Waals surface area contributed by atoms with Gasteiger partial charge in [0.05, 0.1) is 0 Å². The number of ether oxygens (including phenoxy) is 2. The molecule has 0 fully saturated rings. The Labute approximate surface area is 120 Å². The minimum atomic E-state index is -0.287. The molecule has 0 saturated carbocycles. The van der Waals surface area contributed by atoms with Gasteiger partial charge in [0.2, 0.25) is 6.79 Å². The van der Waals surface area contributed by atoms with Crippen molar-refractivity contribution in [3.63, 3.8) is 0 Å². The lowest BCUT2D eigenvalue weighted by molar-refractivity contribution is 0.174. The number of halogens is 1. The summed E-state index contributed by atoms with van der Waals surface area (Å²) in [6, 6.07) is 11.4. The molecule has 1 heterocycles. The Morgan fingerprint density at radius 3 is 2.40 bits per heavy atom. The van der Waals surface area contributed by atoms with E-state index < -0.39 is 0 Å². The van der Waals surface area contributed by atoms with E-state index in [0.29, 0.717) is 22.3 Å². The molecule has 0 bridgehead atoms. The monoisotopic (exact) mass is 290 g/mol. The van der Waals surface area contributed by atoms with E-state index in [4.69, 9.17) is 21.7 Å². The molecule has 0 spiro atoms. The van der Waals surface area contributed by atoms with Crippen molar-refractivity contribution in [1.82, 2.24) is 0 Å². The van der Waals surface area contributed by atoms with Crippen molar-refractivity contribution in [1.29, 1.82) is 0 Å². The second kappa shape index (κ2) is 5.34. The lowest BCUT2D eigenvalue weighted by Gasteiger charge is -2.10. The molecule has 0 atom stereocenters. The van der Waals surface area contributed by atoms with Crippen molar-refractivity contribution in [3.8, 4) is 11.5 Å². The summed E-state index contributed by atoms with van der Waals surface area (Å²) in [5.74, 6) is 1.11. The zero-order chi connectivity index (χ0) is 13.9. The van der Waals surface area contributed by atoms with Gasteiger partial charge in [-0.25, -0.2) is 4.39 Å². The molecule has 0 aliphatic carbocycles. The third-order valence-corrected chi connectivity index (χ3v) is 2.94. The second-order valence-electron chi connectivity index (χ2n) is 4.15. The molecule has 20 heavy (non-hydrogen) atoms. The van der Waals surface area contributed by atoms with Crippen LogP contribution in [0.15, 0.2) is 42.5 Å². The van der Waals surface area contributed by atoms with Gasteiger partial charge in [0.25, 0.3) is 0 Å². The number of hydrogen-bond acceptors (Lipinski definition) is 3. The highest BCUT2D eigenvalue weighted by Crippen LogP contribution is 2.34. The Hall–Kier alpha value is -2.34. The van der Waals surface area contributed by atoms with E-state index in [-0.39, 0.29) is 12.6 Å². The SMILES string of the molecule is Fc1ccc(NC(=S)Nc2ccc3c(c2)OCO3)cc1. The molecule has 1 aliphatic heterocycles. The van der Waals surface area contributed by atoms with Gasteiger partial charge in [-0.1, -0.05) is 0 Å². The van der Waals surface area contributed by atoms with Crippen LogP contribution in [0.5, 0.6) is 11.5 Å². The van der Waals surface area contributed by atoms with Crippen molar-refractivity contribution in [2.24, 2.45) is 0 Å². The first kappa shape index (κ1) is 12.7. The lowest BCUT2D eigenvalue weighted by Crippen LogP contribution is -2.18. The van der Waals surface area contributed by atoms with E-state index >= 15 is 0 Å². The van der Waals surface area contributed by atoms with Gasteiger partial charge in [-0.15, -0.1) is 0 Å². The summed E-state index contributed by atoms with van der Waals surface area (Å²) < 4.78 is 23.3. The quantitative estimate of drug-likeness (QED) is 0.830. The number of hydrogen-bond donors (Lipinski definition) is 2. The Balaban J connectivity index is 1.65. The van der Waals surface area contributed by atoms with Crippen LogP contribution in [-0.2, 0) is 0 Å². The van der Waals surface area contributed by atoms with Gasteiger partial charge in [-0.05, 0) is 48.6 Å². The summed E-state index contributed by atoms with van der Waals surface area (Å²) in [6.07, 6.45) is 0. The highest BCUT2D eigenvalue weighted by Gasteiger charge is 2.13. The van der Waals surface area contributed by atoms with E-state index in [1.165, 1.54) is 12.1 Å². The molecule has 4 nitrogen and oxygen atoms in total. The van der Waals surface area contributed by atoms with Crippen LogP contribution in [0.4, 0.5) is 15.8 Å². The number of fused-ring (bicyclic) bond motifs is 1. The van der Waals surface area contributed by atoms with Crippen molar-refractivity contribution in [3.05, 3.63) is 48.3 Å². The molecule has 0 unspecified atom stereocenters. The Morgan fingerprint density at radius 2 is 1.60 bits per heavy atom. The van der Waals surface area contributed by atoms with E-state index in [1.54, 1.807) is 18.2 Å². The predicted molar refractivity (Wildman–Crippen MR) is 78.8 cm³/mol. The summed E-state index contributed by atoms with van der Waals surface area (Å²) in [6.45, 7) is 0.233. The number of anilines is 2. The van der Waals surface area contributed by atoms with Crippen LogP contribution in [0.1, 0.15) is 0 Å². The van der Waals surface area contributed by atoms with E-state index in [2.05, 4.69) is 10.6 Å². The first-order valence-corrected chi connectivity index (χ1v) is 6.35. The summed E-state index contributed by atoms with van der Waals surface area (Å²) >= 11 is 5.19. The average molecular weight is 290 g/mol. The molecule has 6 heteroatoms. The Kier molecular flexibility index (Phi) is 3.39. The van der Waals surface area contributed by atoms with Gasteiger partial charge in [-0.2, -0.15) is 0 Å². The standard InChI is InChI=1S/C14H11FN2O2S/c15-9-1-3-10(4-2-9)16-14(20)17-11-5-6-12-13(7-11)19-8-18-12/h1-7H,8H2,(H2,16,17,20). The first-order chi connectivity index (χ1) is 9.70. The minimum Gasteiger partial charge on any atom is -0.454 e. The van der Waals surface area contributed by atoms with E-state index in [9.17, 15) is 4.39 Å². The molecule has 3 rings (SSSR count). The number of thiocarbonyl (C=S) groups is 1. The van der Waals surface area contributed by atoms with Crippen LogP contribution >= 0.6 is 12.2 Å². The maximum Gasteiger partial charge on any atom is 0.231 e. The topological polar surface area (TPSA) is 42.5 Å². The highest BCUT2D eigenvalue weighted by atomic mass is 32.1. The van der Waals surface area contributed by atoms with Gasteiger partial charge in [0.1, 0.15) is 5.82 Å². The van der Waals surface area contributed by atoms with Crippen LogP contribution in [0.3, 0.4) is 0 Å². The molecule has 102 valence electrons. The molecular formula is C14H11FN2O2S. The number of benzene rings is 2. The summed E-state index contributed by atoms with van der Waals surface area (Å²) in [7, 11) is 0. The fraction of sp³-hybridized carbons (Fsp3) is 0.0714. The molecular weight excluding hydrogens is 279 g/mol. The van der Waals surface area contributed by atoms with Gasteiger partial charge in [0.15, 0.2) is 16.6 Å². The third-order valence-electron chi connectivity index (χ3n) is 2.73. The molecule has 0 aromatic heterocycles. The van der Waals surface area contributed by atoms with Crippen molar-refractivity contribution in [2.75, 3.05) is 17.4 Å². The van der Waals surface area contributed by atoms with Crippen LogP contribution in [-0.4, -0.2) is 11.9 Å². The Bertz CT molecular complexity index is 646. The smallest absolute Gasteiger partial charge is 0.231 e. The lowest BCUT2D eigenvalue weighted by atomic mass is 10.3. The molecule has 0 radical (unpaired) electrons. The third kappa shape index (κ3) is 2.80. The molecule has 1 aliphatic rings. The van der Waals surface area contributed by atoms with Crippen LogP contribution < -0.4 is 20.1 Å². The predicted octanol–water partition coefficient (Wildman–Crippen LogP) is 3.36. The highest BCUT2D eigenvalue weighted by molar-refractivity contribution is 7.80. The summed E-state index contributed by atoms with van der Waals surface area (Å²) in [5, 5.41) is 6.41. The van der Waals surface area contributed by atoms with Gasteiger partial charge in [-0.3, -0.25) is 0 Å². The molecule has 2 aromatic carbocycles. The number of rotatable bonds is 2. The van der Waals surface area contributed by atoms with E-state index in [0.717, 1.165) is 5.69 Å². The van der Waals surface area contributed by atoms with Crippen molar-refractivity contribution >= 4 is 28.7 Å². The fourth-order valence-electron chi connectivity index (χ4n) is 1.80. The van der Waals surface area contributed by atoms with Crippen LogP contribution in [0, 0.1) is 5.82 Å². The van der Waals surface area contributed by atoms with E-state index in [1.807, 2.05) is 12.1 Å². The first-order valence-electron chi connectivity index (χ1n) is 5.94. The minimum absolute atomic E-state index is 0.233. The Morgan fingerprint density at radius 1 is 0.950 bits per heavy atom. The molecule has 2 N–H and O–H groups in total. The second-order valence-corrected chi connectivity index (χ2v) is 4.56. The zero-order valence-electron chi connectivity index (χ0n) is 10.4. The van der Waals surface area contributed by atoms with Gasteiger partial charge in [0, 0.05) is 17.4 Å². The zero-order valence-corrected chi connectivity index (χ0v) is 11.2. The van der Waals surface area contributed by atoms with Gasteiger partial charge >= 0.3 is 0 Å². The summed E-state index contributed by atoms with van der Waals surface area (Å²) in [4.78, 5) is 0. The van der Waals surface area contributed by atoms with Crippen LogP contribution in [0.2, 0.25) is 0 Å². The largest absolute Gasteiger partial charge is 0.454 e. The molecule has 0 amide bonds. The molecule has 2 aromatic rings. The molecule has 0 saturated heterocycles. The maximum atomic E-state index is 12.8. The fourth-order valence-corrected chi connectivity index (χ4v) is 2.04. The maximum absolute atomic E-state index is 12.8.